The Hall–Kier alpha value is -1.59. The van der Waals surface area contributed by atoms with Crippen LogP contribution in [0.25, 0.3) is 0 Å². The van der Waals surface area contributed by atoms with E-state index in [4.69, 9.17) is 0 Å². The highest BCUT2D eigenvalue weighted by molar-refractivity contribution is 6.03. The van der Waals surface area contributed by atoms with Crippen LogP contribution in [0.4, 0.5) is 4.79 Å². The summed E-state index contributed by atoms with van der Waals surface area (Å²) in [6, 6.07) is -0.00922. The highest BCUT2D eigenvalue weighted by atomic mass is 16.2. The van der Waals surface area contributed by atoms with E-state index in [2.05, 4.69) is 12.2 Å². The van der Waals surface area contributed by atoms with Crippen LogP contribution >= 0.6 is 0 Å². The van der Waals surface area contributed by atoms with Gasteiger partial charge in [0.1, 0.15) is 0 Å². The molecule has 0 aromatic rings. The predicted molar refractivity (Wildman–Crippen MR) is 73.9 cm³/mol. The van der Waals surface area contributed by atoms with E-state index in [9.17, 15) is 14.4 Å². The summed E-state index contributed by atoms with van der Waals surface area (Å²) in [5, 5.41) is 2.86. The van der Waals surface area contributed by atoms with E-state index in [1.54, 1.807) is 11.8 Å². The lowest BCUT2D eigenvalue weighted by Gasteiger charge is -2.37. The van der Waals surface area contributed by atoms with Crippen molar-refractivity contribution < 1.29 is 14.4 Å². The third kappa shape index (κ3) is 3.29. The van der Waals surface area contributed by atoms with Gasteiger partial charge in [0.15, 0.2) is 0 Å². The summed E-state index contributed by atoms with van der Waals surface area (Å²) in [5.74, 6) is 0.306. The lowest BCUT2D eigenvalue weighted by molar-refractivity contribution is -0.139. The molecule has 112 valence electrons. The first kappa shape index (κ1) is 14.8. The van der Waals surface area contributed by atoms with Gasteiger partial charge in [-0.2, -0.15) is 0 Å². The van der Waals surface area contributed by atoms with E-state index in [1.165, 1.54) is 4.90 Å². The zero-order valence-electron chi connectivity index (χ0n) is 12.2. The molecule has 1 N–H and O–H groups in total. The Balaban J connectivity index is 1.57. The summed E-state index contributed by atoms with van der Waals surface area (Å²) in [4.78, 5) is 38.0. The van der Waals surface area contributed by atoms with Crippen LogP contribution in [0.5, 0.6) is 0 Å². The van der Waals surface area contributed by atoms with Gasteiger partial charge in [-0.15, -0.1) is 0 Å². The zero-order chi connectivity index (χ0) is 14.7. The van der Waals surface area contributed by atoms with Crippen LogP contribution < -0.4 is 5.32 Å². The lowest BCUT2D eigenvalue weighted by atomic mass is 10.0. The number of nitrogens with zero attached hydrogens (tertiary/aromatic N) is 2. The van der Waals surface area contributed by atoms with Crippen LogP contribution in [0.2, 0.25) is 0 Å². The van der Waals surface area contributed by atoms with E-state index in [1.807, 2.05) is 0 Å². The fraction of sp³-hybridized carbons (Fsp3) is 0.786. The van der Waals surface area contributed by atoms with E-state index >= 15 is 0 Å². The van der Waals surface area contributed by atoms with Gasteiger partial charge < -0.3 is 10.2 Å². The molecule has 0 aliphatic carbocycles. The number of hydrogen-bond donors (Lipinski definition) is 1. The third-order valence-corrected chi connectivity index (χ3v) is 3.91. The molecule has 20 heavy (non-hydrogen) atoms. The molecule has 1 unspecified atom stereocenters. The maximum Gasteiger partial charge on any atom is 0.317 e. The molecule has 2 aliphatic rings. The highest BCUT2D eigenvalue weighted by Crippen LogP contribution is 2.19. The quantitative estimate of drug-likeness (QED) is 0.599. The standard InChI is InChI=1S/C14H23N3O3/c1-10-8-16(9-10)14(20)15-5-3-4-6-17-12(18)7-11(2)13(17)19/h10-11H,3-9H2,1-2H3,(H,15,20). The molecule has 0 bridgehead atoms. The van der Waals surface area contributed by atoms with Gasteiger partial charge in [0.05, 0.1) is 0 Å². The second kappa shape index (κ2) is 6.24. The van der Waals surface area contributed by atoms with Gasteiger partial charge in [0, 0.05) is 38.5 Å². The maximum atomic E-state index is 11.7. The van der Waals surface area contributed by atoms with Gasteiger partial charge in [-0.05, 0) is 18.8 Å². The Morgan fingerprint density at radius 1 is 1.25 bits per heavy atom. The molecule has 6 heteroatoms. The summed E-state index contributed by atoms with van der Waals surface area (Å²) in [6.07, 6.45) is 1.85. The van der Waals surface area contributed by atoms with E-state index in [0.29, 0.717) is 25.4 Å². The monoisotopic (exact) mass is 281 g/mol. The summed E-state index contributed by atoms with van der Waals surface area (Å²) in [5.41, 5.74) is 0. The molecule has 2 rings (SSSR count). The first-order chi connectivity index (χ1) is 9.49. The Morgan fingerprint density at radius 3 is 2.50 bits per heavy atom. The van der Waals surface area contributed by atoms with Crippen molar-refractivity contribution in [3.63, 3.8) is 0 Å². The van der Waals surface area contributed by atoms with Crippen molar-refractivity contribution in [2.75, 3.05) is 26.2 Å². The second-order valence-corrected chi connectivity index (χ2v) is 5.94. The van der Waals surface area contributed by atoms with Crippen molar-refractivity contribution in [1.82, 2.24) is 15.1 Å². The van der Waals surface area contributed by atoms with Crippen LogP contribution in [0.15, 0.2) is 0 Å². The first-order valence-electron chi connectivity index (χ1n) is 7.36. The van der Waals surface area contributed by atoms with Crippen LogP contribution in [-0.4, -0.2) is 53.8 Å². The number of urea groups is 1. The van der Waals surface area contributed by atoms with Crippen LogP contribution in [0.1, 0.15) is 33.1 Å². The van der Waals surface area contributed by atoms with Gasteiger partial charge in [0.2, 0.25) is 11.8 Å². The van der Waals surface area contributed by atoms with E-state index in [-0.39, 0.29) is 23.8 Å². The van der Waals surface area contributed by atoms with Crippen LogP contribution in [-0.2, 0) is 9.59 Å². The van der Waals surface area contributed by atoms with Crippen molar-refractivity contribution in [3.05, 3.63) is 0 Å². The minimum absolute atomic E-state index is 0.00922. The van der Waals surface area contributed by atoms with Crippen molar-refractivity contribution in [2.24, 2.45) is 11.8 Å². The molecule has 2 heterocycles. The molecule has 2 saturated heterocycles. The van der Waals surface area contributed by atoms with E-state index < -0.39 is 0 Å². The molecular weight excluding hydrogens is 258 g/mol. The van der Waals surface area contributed by atoms with Gasteiger partial charge in [-0.1, -0.05) is 13.8 Å². The SMILES string of the molecule is CC1CN(C(=O)NCCCCN2C(=O)CC(C)C2=O)C1. The van der Waals surface area contributed by atoms with Gasteiger partial charge in [-0.3, -0.25) is 14.5 Å². The molecule has 6 nitrogen and oxygen atoms in total. The second-order valence-electron chi connectivity index (χ2n) is 5.94. The Morgan fingerprint density at radius 2 is 1.95 bits per heavy atom. The summed E-state index contributed by atoms with van der Waals surface area (Å²) >= 11 is 0. The number of rotatable bonds is 5. The molecule has 0 radical (unpaired) electrons. The first-order valence-corrected chi connectivity index (χ1v) is 7.36. The lowest BCUT2D eigenvalue weighted by Crippen LogP contribution is -2.52. The highest BCUT2D eigenvalue weighted by Gasteiger charge is 2.34. The average Bonchev–Trinajstić information content (AvgIpc) is 2.60. The Kier molecular flexibility index (Phi) is 4.62. The maximum absolute atomic E-state index is 11.7. The predicted octanol–water partition coefficient (Wildman–Crippen LogP) is 0.823. The van der Waals surface area contributed by atoms with Crippen LogP contribution in [0.3, 0.4) is 0 Å². The summed E-state index contributed by atoms with van der Waals surface area (Å²) in [6.45, 7) is 6.64. The number of nitrogens with one attached hydrogen (secondary N) is 1. The smallest absolute Gasteiger partial charge is 0.317 e. The Labute approximate surface area is 119 Å². The molecular formula is C14H23N3O3. The molecule has 4 amide bonds. The molecule has 0 aromatic carbocycles. The number of imide groups is 1. The number of carbonyl (C=O) groups excluding carboxylic acids is 3. The fourth-order valence-electron chi connectivity index (χ4n) is 2.65. The van der Waals surface area contributed by atoms with Crippen molar-refractivity contribution in [3.8, 4) is 0 Å². The molecule has 0 spiro atoms. The molecule has 2 fully saturated rings. The number of likely N-dealkylation sites (tertiary alicyclic amines) is 2. The van der Waals surface area contributed by atoms with Crippen molar-refractivity contribution >= 4 is 17.8 Å². The molecule has 0 saturated carbocycles. The molecule has 2 aliphatic heterocycles. The van der Waals surface area contributed by atoms with Crippen molar-refractivity contribution in [1.29, 1.82) is 0 Å². The summed E-state index contributed by atoms with van der Waals surface area (Å²) in [7, 11) is 0. The van der Waals surface area contributed by atoms with E-state index in [0.717, 1.165) is 25.9 Å². The van der Waals surface area contributed by atoms with Crippen molar-refractivity contribution in [2.45, 2.75) is 33.1 Å². The topological polar surface area (TPSA) is 69.7 Å². The third-order valence-electron chi connectivity index (χ3n) is 3.91. The number of amides is 4. The Bertz CT molecular complexity index is 404. The average molecular weight is 281 g/mol. The molecule has 0 aromatic heterocycles. The van der Waals surface area contributed by atoms with Crippen LogP contribution in [0, 0.1) is 11.8 Å². The van der Waals surface area contributed by atoms with Gasteiger partial charge >= 0.3 is 6.03 Å². The van der Waals surface area contributed by atoms with Gasteiger partial charge in [-0.25, -0.2) is 4.79 Å². The summed E-state index contributed by atoms with van der Waals surface area (Å²) < 4.78 is 0. The normalized spacial score (nSPS) is 23.2. The minimum Gasteiger partial charge on any atom is -0.338 e. The number of carbonyl (C=O) groups is 3. The molecule has 1 atom stereocenters. The largest absolute Gasteiger partial charge is 0.338 e. The van der Waals surface area contributed by atoms with Gasteiger partial charge in [0.25, 0.3) is 0 Å². The number of hydrogen-bond acceptors (Lipinski definition) is 3. The number of unbranched alkanes of at least 4 members (excludes halogenated alkanes) is 1. The minimum atomic E-state index is -0.171. The fourth-order valence-corrected chi connectivity index (χ4v) is 2.65. The zero-order valence-corrected chi connectivity index (χ0v) is 12.2.